The highest BCUT2D eigenvalue weighted by Crippen LogP contribution is 2.30. The molecule has 0 unspecified atom stereocenters. The molecule has 23 heavy (non-hydrogen) atoms. The summed E-state index contributed by atoms with van der Waals surface area (Å²) in [5.41, 5.74) is 2.83. The zero-order chi connectivity index (χ0) is 16.4. The number of phenols is 1. The first kappa shape index (κ1) is 16.0. The van der Waals surface area contributed by atoms with E-state index >= 15 is 0 Å². The highest BCUT2D eigenvalue weighted by atomic mass is 32.2. The molecule has 0 spiro atoms. The average Bonchev–Trinajstić information content (AvgIpc) is 3.10. The van der Waals surface area contributed by atoms with Crippen LogP contribution in [-0.4, -0.2) is 30.9 Å². The highest BCUT2D eigenvalue weighted by molar-refractivity contribution is 7.89. The predicted octanol–water partition coefficient (Wildman–Crippen LogP) is 3.41. The van der Waals surface area contributed by atoms with Crippen molar-refractivity contribution < 1.29 is 13.5 Å². The van der Waals surface area contributed by atoms with Crippen molar-refractivity contribution in [1.29, 1.82) is 0 Å². The summed E-state index contributed by atoms with van der Waals surface area (Å²) in [6.45, 7) is 3.22. The van der Waals surface area contributed by atoms with Gasteiger partial charge in [-0.25, -0.2) is 8.42 Å². The minimum absolute atomic E-state index is 0.228. The van der Waals surface area contributed by atoms with Crippen LogP contribution >= 0.6 is 0 Å². The molecule has 3 rings (SSSR count). The molecule has 0 saturated carbocycles. The lowest BCUT2D eigenvalue weighted by Gasteiger charge is -2.16. The van der Waals surface area contributed by atoms with Gasteiger partial charge >= 0.3 is 0 Å². The van der Waals surface area contributed by atoms with E-state index in [1.807, 2.05) is 19.1 Å². The number of aryl methyl sites for hydroxylation is 1. The standard InChI is InChI=1S/C18H21NO3S/c1-2-14-12-16(20)8-9-18(14)15-6-5-7-17(13-15)23(21,22)19-10-3-4-11-19/h5-9,12-13,20H,2-4,10-11H2,1H3. The number of hydrogen-bond donors (Lipinski definition) is 1. The Labute approximate surface area is 137 Å². The Hall–Kier alpha value is -1.85. The Bertz CT molecular complexity index is 809. The van der Waals surface area contributed by atoms with Crippen LogP contribution in [0.15, 0.2) is 47.4 Å². The third-order valence-electron chi connectivity index (χ3n) is 4.32. The van der Waals surface area contributed by atoms with Gasteiger partial charge in [0.05, 0.1) is 4.90 Å². The zero-order valence-electron chi connectivity index (χ0n) is 13.2. The van der Waals surface area contributed by atoms with Gasteiger partial charge in [-0.2, -0.15) is 4.31 Å². The minimum Gasteiger partial charge on any atom is -0.508 e. The summed E-state index contributed by atoms with van der Waals surface area (Å²) in [4.78, 5) is 0.340. The molecule has 1 N–H and O–H groups in total. The predicted molar refractivity (Wildman–Crippen MR) is 90.9 cm³/mol. The number of hydrogen-bond acceptors (Lipinski definition) is 3. The van der Waals surface area contributed by atoms with Crippen molar-refractivity contribution in [2.75, 3.05) is 13.1 Å². The summed E-state index contributed by atoms with van der Waals surface area (Å²) >= 11 is 0. The van der Waals surface area contributed by atoms with Gasteiger partial charge in [0, 0.05) is 13.1 Å². The van der Waals surface area contributed by atoms with Crippen molar-refractivity contribution in [1.82, 2.24) is 4.31 Å². The largest absolute Gasteiger partial charge is 0.508 e. The van der Waals surface area contributed by atoms with E-state index in [0.29, 0.717) is 18.0 Å². The molecule has 1 aliphatic heterocycles. The van der Waals surface area contributed by atoms with Gasteiger partial charge in [-0.1, -0.05) is 25.1 Å². The molecule has 5 heteroatoms. The summed E-state index contributed by atoms with van der Waals surface area (Å²) in [5.74, 6) is 0.228. The van der Waals surface area contributed by atoms with Gasteiger partial charge in [-0.15, -0.1) is 0 Å². The van der Waals surface area contributed by atoms with Gasteiger partial charge in [0.1, 0.15) is 5.75 Å². The lowest BCUT2D eigenvalue weighted by Crippen LogP contribution is -2.27. The second-order valence-corrected chi connectivity index (χ2v) is 7.77. The molecule has 0 bridgehead atoms. The van der Waals surface area contributed by atoms with Gasteiger partial charge in [0.2, 0.25) is 10.0 Å². The van der Waals surface area contributed by atoms with E-state index in [-0.39, 0.29) is 5.75 Å². The molecule has 4 nitrogen and oxygen atoms in total. The number of aromatic hydroxyl groups is 1. The van der Waals surface area contributed by atoms with Crippen molar-refractivity contribution >= 4 is 10.0 Å². The summed E-state index contributed by atoms with van der Waals surface area (Å²) in [7, 11) is -3.41. The molecule has 1 aliphatic rings. The van der Waals surface area contributed by atoms with E-state index in [2.05, 4.69) is 0 Å². The van der Waals surface area contributed by atoms with E-state index in [4.69, 9.17) is 0 Å². The Balaban J connectivity index is 2.04. The molecule has 122 valence electrons. The van der Waals surface area contributed by atoms with Crippen LogP contribution in [0.25, 0.3) is 11.1 Å². The summed E-state index contributed by atoms with van der Waals surface area (Å²) < 4.78 is 27.0. The monoisotopic (exact) mass is 331 g/mol. The molecule has 0 aliphatic carbocycles. The molecule has 0 aromatic heterocycles. The van der Waals surface area contributed by atoms with Gasteiger partial charge < -0.3 is 5.11 Å². The Morgan fingerprint density at radius 2 is 1.83 bits per heavy atom. The second-order valence-electron chi connectivity index (χ2n) is 5.83. The third kappa shape index (κ3) is 3.12. The van der Waals surface area contributed by atoms with Crippen molar-refractivity contribution in [3.63, 3.8) is 0 Å². The van der Waals surface area contributed by atoms with E-state index in [1.165, 1.54) is 0 Å². The van der Waals surface area contributed by atoms with Crippen LogP contribution in [0, 0.1) is 0 Å². The molecular weight excluding hydrogens is 310 g/mol. The maximum Gasteiger partial charge on any atom is 0.243 e. The molecule has 0 radical (unpaired) electrons. The lowest BCUT2D eigenvalue weighted by molar-refractivity contribution is 0.474. The minimum atomic E-state index is -3.41. The fraction of sp³-hybridized carbons (Fsp3) is 0.333. The Kier molecular flexibility index (Phi) is 4.41. The fourth-order valence-corrected chi connectivity index (χ4v) is 4.62. The lowest BCUT2D eigenvalue weighted by atomic mass is 9.98. The fourth-order valence-electron chi connectivity index (χ4n) is 3.06. The Morgan fingerprint density at radius 1 is 1.09 bits per heavy atom. The van der Waals surface area contributed by atoms with Crippen molar-refractivity contribution in [2.45, 2.75) is 31.1 Å². The van der Waals surface area contributed by atoms with Gasteiger partial charge in [0.25, 0.3) is 0 Å². The van der Waals surface area contributed by atoms with Crippen molar-refractivity contribution in [3.05, 3.63) is 48.0 Å². The van der Waals surface area contributed by atoms with Crippen LogP contribution in [0.1, 0.15) is 25.3 Å². The maximum atomic E-state index is 12.7. The summed E-state index contributed by atoms with van der Waals surface area (Å²) in [6, 6.07) is 12.3. The van der Waals surface area contributed by atoms with Crippen molar-refractivity contribution in [3.8, 4) is 16.9 Å². The van der Waals surface area contributed by atoms with E-state index in [0.717, 1.165) is 36.0 Å². The van der Waals surface area contributed by atoms with Gasteiger partial charge in [-0.3, -0.25) is 0 Å². The van der Waals surface area contributed by atoms with Crippen LogP contribution in [0.5, 0.6) is 5.75 Å². The topological polar surface area (TPSA) is 57.6 Å². The van der Waals surface area contributed by atoms with E-state index in [1.54, 1.807) is 34.6 Å². The first-order chi connectivity index (χ1) is 11.0. The number of benzene rings is 2. The normalized spacial score (nSPS) is 15.9. The first-order valence-electron chi connectivity index (χ1n) is 7.95. The van der Waals surface area contributed by atoms with Crippen LogP contribution in [0.4, 0.5) is 0 Å². The molecule has 2 aromatic carbocycles. The molecule has 0 atom stereocenters. The molecule has 2 aromatic rings. The third-order valence-corrected chi connectivity index (χ3v) is 6.21. The molecule has 0 amide bonds. The smallest absolute Gasteiger partial charge is 0.243 e. The average molecular weight is 331 g/mol. The highest BCUT2D eigenvalue weighted by Gasteiger charge is 2.27. The summed E-state index contributed by atoms with van der Waals surface area (Å²) in [5, 5.41) is 9.64. The van der Waals surface area contributed by atoms with Crippen molar-refractivity contribution in [2.24, 2.45) is 0 Å². The summed E-state index contributed by atoms with van der Waals surface area (Å²) in [6.07, 6.45) is 2.63. The molecule has 1 fully saturated rings. The number of sulfonamides is 1. The van der Waals surface area contributed by atoms with Crippen LogP contribution in [0.3, 0.4) is 0 Å². The molecule has 1 heterocycles. The van der Waals surface area contributed by atoms with Gasteiger partial charge in [-0.05, 0) is 60.2 Å². The van der Waals surface area contributed by atoms with Gasteiger partial charge in [0.15, 0.2) is 0 Å². The SMILES string of the molecule is CCc1cc(O)ccc1-c1cccc(S(=O)(=O)N2CCCC2)c1. The zero-order valence-corrected chi connectivity index (χ0v) is 14.0. The van der Waals surface area contributed by atoms with Crippen LogP contribution < -0.4 is 0 Å². The molecular formula is C18H21NO3S. The van der Waals surface area contributed by atoms with E-state index in [9.17, 15) is 13.5 Å². The Morgan fingerprint density at radius 3 is 2.52 bits per heavy atom. The quantitative estimate of drug-likeness (QED) is 0.934. The van der Waals surface area contributed by atoms with E-state index < -0.39 is 10.0 Å². The first-order valence-corrected chi connectivity index (χ1v) is 9.39. The van der Waals surface area contributed by atoms with Crippen LogP contribution in [-0.2, 0) is 16.4 Å². The number of rotatable bonds is 4. The second kappa shape index (κ2) is 6.34. The number of nitrogens with zero attached hydrogens (tertiary/aromatic N) is 1. The maximum absolute atomic E-state index is 12.7. The molecule has 1 saturated heterocycles. The van der Waals surface area contributed by atoms with Crippen LogP contribution in [0.2, 0.25) is 0 Å². The number of phenolic OH excluding ortho intramolecular Hbond substituents is 1.